The SMILES string of the molecule is Cc1nc2ccccc2cc1C(=O)N/N=C/c1c(F)cccc1Cl. The summed E-state index contributed by atoms with van der Waals surface area (Å²) >= 11 is 5.90. The molecule has 0 atom stereocenters. The van der Waals surface area contributed by atoms with Gasteiger partial charge in [-0.05, 0) is 31.2 Å². The number of rotatable bonds is 3. The Labute approximate surface area is 143 Å². The largest absolute Gasteiger partial charge is 0.273 e. The Kier molecular flexibility index (Phi) is 4.53. The van der Waals surface area contributed by atoms with E-state index >= 15 is 0 Å². The van der Waals surface area contributed by atoms with Crippen LogP contribution in [0.4, 0.5) is 4.39 Å². The Morgan fingerprint density at radius 3 is 2.83 bits per heavy atom. The van der Waals surface area contributed by atoms with Crippen LogP contribution in [-0.2, 0) is 0 Å². The molecule has 0 spiro atoms. The van der Waals surface area contributed by atoms with Crippen LogP contribution in [0.3, 0.4) is 0 Å². The van der Waals surface area contributed by atoms with Gasteiger partial charge >= 0.3 is 0 Å². The number of carbonyl (C=O) groups excluding carboxylic acids is 1. The molecular formula is C18H13ClFN3O. The lowest BCUT2D eigenvalue weighted by Crippen LogP contribution is -2.19. The summed E-state index contributed by atoms with van der Waals surface area (Å²) in [6.07, 6.45) is 1.18. The van der Waals surface area contributed by atoms with Crippen molar-refractivity contribution in [2.24, 2.45) is 5.10 Å². The van der Waals surface area contributed by atoms with Crippen LogP contribution < -0.4 is 5.43 Å². The number of hydrogen-bond acceptors (Lipinski definition) is 3. The van der Waals surface area contributed by atoms with E-state index in [1.165, 1.54) is 18.3 Å². The fourth-order valence-corrected chi connectivity index (χ4v) is 2.50. The predicted molar refractivity (Wildman–Crippen MR) is 93.0 cm³/mol. The molecule has 0 radical (unpaired) electrons. The van der Waals surface area contributed by atoms with E-state index in [1.807, 2.05) is 24.3 Å². The molecule has 6 heteroatoms. The molecule has 24 heavy (non-hydrogen) atoms. The lowest BCUT2D eigenvalue weighted by atomic mass is 10.1. The average Bonchev–Trinajstić information content (AvgIpc) is 2.56. The molecule has 1 heterocycles. The van der Waals surface area contributed by atoms with Gasteiger partial charge in [0.05, 0.1) is 28.0 Å². The molecule has 1 aromatic heterocycles. The maximum Gasteiger partial charge on any atom is 0.273 e. The van der Waals surface area contributed by atoms with Gasteiger partial charge in [-0.1, -0.05) is 35.9 Å². The number of amides is 1. The molecule has 0 saturated carbocycles. The third kappa shape index (κ3) is 3.26. The van der Waals surface area contributed by atoms with Crippen LogP contribution in [0.15, 0.2) is 53.6 Å². The third-order valence-corrected chi connectivity index (χ3v) is 3.85. The van der Waals surface area contributed by atoms with Crippen molar-refractivity contribution in [2.75, 3.05) is 0 Å². The highest BCUT2D eigenvalue weighted by Crippen LogP contribution is 2.17. The van der Waals surface area contributed by atoms with E-state index < -0.39 is 11.7 Å². The molecule has 3 aromatic rings. The average molecular weight is 342 g/mol. The van der Waals surface area contributed by atoms with Gasteiger partial charge < -0.3 is 0 Å². The van der Waals surface area contributed by atoms with E-state index in [-0.39, 0.29) is 10.6 Å². The number of nitrogens with one attached hydrogen (secondary N) is 1. The van der Waals surface area contributed by atoms with Crippen molar-refractivity contribution in [3.63, 3.8) is 0 Å². The summed E-state index contributed by atoms with van der Waals surface area (Å²) in [5.41, 5.74) is 4.30. The molecule has 0 unspecified atom stereocenters. The van der Waals surface area contributed by atoms with Crippen LogP contribution in [0.25, 0.3) is 10.9 Å². The summed E-state index contributed by atoms with van der Waals surface area (Å²) in [6.45, 7) is 1.75. The molecule has 0 saturated heterocycles. The van der Waals surface area contributed by atoms with E-state index in [2.05, 4.69) is 15.5 Å². The van der Waals surface area contributed by atoms with E-state index in [1.54, 1.807) is 19.1 Å². The Balaban J connectivity index is 1.83. The molecule has 3 rings (SSSR count). The van der Waals surface area contributed by atoms with Crippen molar-refractivity contribution >= 4 is 34.6 Å². The summed E-state index contributed by atoms with van der Waals surface area (Å²) in [5, 5.41) is 4.86. The zero-order valence-corrected chi connectivity index (χ0v) is 13.5. The van der Waals surface area contributed by atoms with Crippen LogP contribution in [0.1, 0.15) is 21.6 Å². The summed E-state index contributed by atoms with van der Waals surface area (Å²) < 4.78 is 13.6. The smallest absolute Gasteiger partial charge is 0.267 e. The fourth-order valence-electron chi connectivity index (χ4n) is 2.29. The number of halogens is 2. The highest BCUT2D eigenvalue weighted by molar-refractivity contribution is 6.33. The number of carbonyl (C=O) groups is 1. The third-order valence-electron chi connectivity index (χ3n) is 3.52. The van der Waals surface area contributed by atoms with E-state index in [0.29, 0.717) is 11.3 Å². The van der Waals surface area contributed by atoms with Gasteiger partial charge in [0.1, 0.15) is 5.82 Å². The van der Waals surface area contributed by atoms with Crippen molar-refractivity contribution in [3.05, 3.63) is 76.2 Å². The Hall–Kier alpha value is -2.79. The van der Waals surface area contributed by atoms with Gasteiger partial charge in [-0.15, -0.1) is 0 Å². The Bertz CT molecular complexity index is 936. The molecule has 1 N–H and O–H groups in total. The number of aromatic nitrogens is 1. The lowest BCUT2D eigenvalue weighted by Gasteiger charge is -2.06. The quantitative estimate of drug-likeness (QED) is 0.576. The van der Waals surface area contributed by atoms with Crippen LogP contribution >= 0.6 is 11.6 Å². The van der Waals surface area contributed by atoms with Gasteiger partial charge in [-0.2, -0.15) is 5.10 Å². The first-order chi connectivity index (χ1) is 11.6. The van der Waals surface area contributed by atoms with Gasteiger partial charge in [-0.25, -0.2) is 9.82 Å². The van der Waals surface area contributed by atoms with Crippen molar-refractivity contribution in [1.29, 1.82) is 0 Å². The zero-order valence-electron chi connectivity index (χ0n) is 12.8. The normalized spacial score (nSPS) is 11.1. The first-order valence-electron chi connectivity index (χ1n) is 7.20. The van der Waals surface area contributed by atoms with Crippen LogP contribution in [0, 0.1) is 12.7 Å². The summed E-state index contributed by atoms with van der Waals surface area (Å²) in [5.74, 6) is -0.932. The number of pyridine rings is 1. The number of nitrogens with zero attached hydrogens (tertiary/aromatic N) is 2. The van der Waals surface area contributed by atoms with Gasteiger partial charge in [0.2, 0.25) is 0 Å². The summed E-state index contributed by atoms with van der Waals surface area (Å²) in [4.78, 5) is 16.7. The van der Waals surface area contributed by atoms with Crippen LogP contribution in [0.5, 0.6) is 0 Å². The maximum absolute atomic E-state index is 13.6. The molecule has 1 amide bonds. The number of fused-ring (bicyclic) bond motifs is 1. The van der Waals surface area contributed by atoms with Gasteiger partial charge in [0, 0.05) is 10.9 Å². The zero-order chi connectivity index (χ0) is 17.1. The van der Waals surface area contributed by atoms with Gasteiger partial charge in [0.15, 0.2) is 0 Å². The summed E-state index contributed by atoms with van der Waals surface area (Å²) in [6, 6.07) is 13.6. The molecular weight excluding hydrogens is 329 g/mol. The van der Waals surface area contributed by atoms with Crippen molar-refractivity contribution in [1.82, 2.24) is 10.4 Å². The van der Waals surface area contributed by atoms with Crippen molar-refractivity contribution < 1.29 is 9.18 Å². The number of para-hydroxylation sites is 1. The molecule has 0 aliphatic rings. The lowest BCUT2D eigenvalue weighted by molar-refractivity contribution is 0.0954. The van der Waals surface area contributed by atoms with E-state index in [0.717, 1.165) is 10.9 Å². The molecule has 2 aromatic carbocycles. The Morgan fingerprint density at radius 2 is 2.04 bits per heavy atom. The van der Waals surface area contributed by atoms with E-state index in [4.69, 9.17) is 11.6 Å². The minimum Gasteiger partial charge on any atom is -0.267 e. The standard InChI is InChI=1S/C18H13ClFN3O/c1-11-13(9-12-5-2-3-8-17(12)22-11)18(24)23-21-10-14-15(19)6-4-7-16(14)20/h2-10H,1H3,(H,23,24)/b21-10+. The monoisotopic (exact) mass is 341 g/mol. The second-order valence-electron chi connectivity index (χ2n) is 5.15. The van der Waals surface area contributed by atoms with Crippen molar-refractivity contribution in [3.8, 4) is 0 Å². The molecule has 0 bridgehead atoms. The first kappa shape index (κ1) is 16.1. The second kappa shape index (κ2) is 6.76. The number of aryl methyl sites for hydroxylation is 1. The molecule has 4 nitrogen and oxygen atoms in total. The van der Waals surface area contributed by atoms with Crippen molar-refractivity contribution in [2.45, 2.75) is 6.92 Å². The molecule has 0 aliphatic heterocycles. The van der Waals surface area contributed by atoms with Gasteiger partial charge in [0.25, 0.3) is 5.91 Å². The molecule has 0 aliphatic carbocycles. The molecule has 0 fully saturated rings. The number of benzene rings is 2. The van der Waals surface area contributed by atoms with Gasteiger partial charge in [-0.3, -0.25) is 9.78 Å². The van der Waals surface area contributed by atoms with E-state index in [9.17, 15) is 9.18 Å². The Morgan fingerprint density at radius 1 is 1.25 bits per heavy atom. The number of hydrazone groups is 1. The predicted octanol–water partition coefficient (Wildman–Crippen LogP) is 4.10. The maximum atomic E-state index is 13.6. The van der Waals surface area contributed by atoms with Crippen LogP contribution in [-0.4, -0.2) is 17.1 Å². The second-order valence-corrected chi connectivity index (χ2v) is 5.56. The highest BCUT2D eigenvalue weighted by Gasteiger charge is 2.11. The number of hydrogen-bond donors (Lipinski definition) is 1. The molecule has 120 valence electrons. The summed E-state index contributed by atoms with van der Waals surface area (Å²) in [7, 11) is 0. The topological polar surface area (TPSA) is 54.4 Å². The minimum absolute atomic E-state index is 0.118. The minimum atomic E-state index is -0.510. The highest BCUT2D eigenvalue weighted by atomic mass is 35.5. The van der Waals surface area contributed by atoms with Crippen LogP contribution in [0.2, 0.25) is 5.02 Å². The first-order valence-corrected chi connectivity index (χ1v) is 7.58. The fraction of sp³-hybridized carbons (Fsp3) is 0.0556.